The van der Waals surface area contributed by atoms with Crippen molar-refractivity contribution in [1.29, 1.82) is 0 Å². The molecule has 2 aliphatic heterocycles. The lowest BCUT2D eigenvalue weighted by molar-refractivity contribution is 0.0690. The van der Waals surface area contributed by atoms with E-state index in [0.717, 1.165) is 57.5 Å². The lowest BCUT2D eigenvalue weighted by Crippen LogP contribution is -2.61. The molecule has 8 heteroatoms. The van der Waals surface area contributed by atoms with Crippen LogP contribution in [0.25, 0.3) is 4.96 Å². The fourth-order valence-corrected chi connectivity index (χ4v) is 3.57. The number of aromatic nitrogens is 3. The molecule has 0 saturated carbocycles. The fraction of sp³-hybridized carbons (Fsp3) is 0.615. The zero-order chi connectivity index (χ0) is 14.2. The molecule has 7 nitrogen and oxygen atoms in total. The lowest BCUT2D eigenvalue weighted by atomic mass is 10.1. The molecule has 2 aromatic heterocycles. The summed E-state index contributed by atoms with van der Waals surface area (Å²) in [4.78, 5) is 22.1. The van der Waals surface area contributed by atoms with E-state index in [9.17, 15) is 4.79 Å². The third kappa shape index (κ3) is 2.59. The average Bonchev–Trinajstić information content (AvgIpc) is 2.88. The number of piperazine rings is 1. The topological polar surface area (TPSA) is 65.8 Å². The number of hydrogen-bond donors (Lipinski definition) is 1. The molecule has 1 N–H and O–H groups in total. The van der Waals surface area contributed by atoms with E-state index in [1.165, 1.54) is 15.9 Å². The maximum absolute atomic E-state index is 11.9. The molecule has 112 valence electrons. The third-order valence-corrected chi connectivity index (χ3v) is 4.98. The van der Waals surface area contributed by atoms with Crippen LogP contribution in [0.15, 0.2) is 16.4 Å². The number of fused-ring (bicyclic) bond motifs is 1. The second-order valence-electron chi connectivity index (χ2n) is 5.64. The van der Waals surface area contributed by atoms with Crippen molar-refractivity contribution in [2.24, 2.45) is 0 Å². The Morgan fingerprint density at radius 1 is 1.29 bits per heavy atom. The first-order chi connectivity index (χ1) is 10.3. The number of nitrogens with one attached hydrogen (secondary N) is 1. The average molecular weight is 306 g/mol. The zero-order valence-corrected chi connectivity index (χ0v) is 12.6. The molecular formula is C13H18N6OS. The minimum atomic E-state index is -0.0876. The van der Waals surface area contributed by atoms with E-state index >= 15 is 0 Å². The van der Waals surface area contributed by atoms with Gasteiger partial charge in [0.15, 0.2) is 0 Å². The highest BCUT2D eigenvalue weighted by atomic mass is 32.1. The molecule has 0 spiro atoms. The predicted molar refractivity (Wildman–Crippen MR) is 80.6 cm³/mol. The largest absolute Gasteiger partial charge is 0.314 e. The van der Waals surface area contributed by atoms with Gasteiger partial charge in [-0.05, 0) is 0 Å². The summed E-state index contributed by atoms with van der Waals surface area (Å²) < 4.78 is 1.36. The smallest absolute Gasteiger partial charge is 0.275 e. The standard InChI is InChI=1S/C13H18N6OS/c20-12-5-10(16-13-19(12)15-9-21-13)8-17-1-3-18(4-2-17)11-6-14-7-11/h5,9,11,14H,1-4,6-8H2. The molecular weight excluding hydrogens is 288 g/mol. The quantitative estimate of drug-likeness (QED) is 0.804. The van der Waals surface area contributed by atoms with Gasteiger partial charge in [-0.2, -0.15) is 9.61 Å². The Kier molecular flexibility index (Phi) is 3.46. The molecule has 0 radical (unpaired) electrons. The van der Waals surface area contributed by atoms with Crippen molar-refractivity contribution in [2.45, 2.75) is 12.6 Å². The van der Waals surface area contributed by atoms with Crippen molar-refractivity contribution in [2.75, 3.05) is 39.3 Å². The number of nitrogens with zero attached hydrogens (tertiary/aromatic N) is 5. The van der Waals surface area contributed by atoms with Crippen LogP contribution in [0.3, 0.4) is 0 Å². The summed E-state index contributed by atoms with van der Waals surface area (Å²) in [6, 6.07) is 2.33. The molecule has 0 bridgehead atoms. The molecule has 21 heavy (non-hydrogen) atoms. The van der Waals surface area contributed by atoms with Gasteiger partial charge < -0.3 is 5.32 Å². The van der Waals surface area contributed by atoms with E-state index < -0.39 is 0 Å². The van der Waals surface area contributed by atoms with Crippen LogP contribution < -0.4 is 10.9 Å². The maximum atomic E-state index is 11.9. The van der Waals surface area contributed by atoms with Gasteiger partial charge in [-0.25, -0.2) is 4.98 Å². The molecule has 4 rings (SSSR count). The first-order valence-electron chi connectivity index (χ1n) is 7.29. The van der Waals surface area contributed by atoms with Crippen molar-refractivity contribution in [1.82, 2.24) is 29.7 Å². The Labute approximate surface area is 126 Å². The Bertz CT molecular complexity index is 685. The van der Waals surface area contributed by atoms with Gasteiger partial charge >= 0.3 is 0 Å². The Hall–Kier alpha value is -1.35. The van der Waals surface area contributed by atoms with Gasteiger partial charge in [0.05, 0.1) is 5.69 Å². The summed E-state index contributed by atoms with van der Waals surface area (Å²) in [6.07, 6.45) is 0. The van der Waals surface area contributed by atoms with Gasteiger partial charge in [0.1, 0.15) is 5.51 Å². The van der Waals surface area contributed by atoms with Crippen molar-refractivity contribution in [3.05, 3.63) is 27.6 Å². The van der Waals surface area contributed by atoms with E-state index in [1.54, 1.807) is 11.6 Å². The lowest BCUT2D eigenvalue weighted by Gasteiger charge is -2.43. The summed E-state index contributed by atoms with van der Waals surface area (Å²) >= 11 is 1.40. The molecule has 0 aliphatic carbocycles. The van der Waals surface area contributed by atoms with Crippen molar-refractivity contribution < 1.29 is 0 Å². The van der Waals surface area contributed by atoms with Gasteiger partial charge in [-0.15, -0.1) is 0 Å². The highest BCUT2D eigenvalue weighted by molar-refractivity contribution is 7.14. The van der Waals surface area contributed by atoms with E-state index in [-0.39, 0.29) is 5.56 Å². The first-order valence-corrected chi connectivity index (χ1v) is 8.17. The summed E-state index contributed by atoms with van der Waals surface area (Å²) in [5.41, 5.74) is 2.41. The molecule has 2 fully saturated rings. The van der Waals surface area contributed by atoms with Gasteiger partial charge in [-0.1, -0.05) is 11.3 Å². The minimum absolute atomic E-state index is 0.0876. The first kappa shape index (κ1) is 13.3. The molecule has 4 heterocycles. The molecule has 0 unspecified atom stereocenters. The molecule has 2 aromatic rings. The molecule has 2 aliphatic rings. The Morgan fingerprint density at radius 3 is 2.81 bits per heavy atom. The molecule has 2 saturated heterocycles. The van der Waals surface area contributed by atoms with Crippen LogP contribution in [-0.2, 0) is 6.54 Å². The molecule has 0 aromatic carbocycles. The SMILES string of the molecule is O=c1cc(CN2CCN(C3CNC3)CC2)nc2scnn12. The van der Waals surface area contributed by atoms with Gasteiger partial charge in [-0.3, -0.25) is 14.6 Å². The van der Waals surface area contributed by atoms with E-state index in [0.29, 0.717) is 4.96 Å². The van der Waals surface area contributed by atoms with E-state index in [2.05, 4.69) is 25.2 Å². The second-order valence-corrected chi connectivity index (χ2v) is 6.45. The normalized spacial score (nSPS) is 21.7. The number of rotatable bonds is 3. The highest BCUT2D eigenvalue weighted by Crippen LogP contribution is 2.12. The predicted octanol–water partition coefficient (Wildman–Crippen LogP) is -0.760. The summed E-state index contributed by atoms with van der Waals surface area (Å²) in [7, 11) is 0. The van der Waals surface area contributed by atoms with Crippen molar-refractivity contribution in [3.63, 3.8) is 0 Å². The van der Waals surface area contributed by atoms with Gasteiger partial charge in [0.25, 0.3) is 5.56 Å². The highest BCUT2D eigenvalue weighted by Gasteiger charge is 2.27. The van der Waals surface area contributed by atoms with Crippen LogP contribution >= 0.6 is 11.3 Å². The Morgan fingerprint density at radius 2 is 2.10 bits per heavy atom. The van der Waals surface area contributed by atoms with Gasteiger partial charge in [0, 0.05) is 57.9 Å². The molecule has 0 amide bonds. The van der Waals surface area contributed by atoms with Crippen LogP contribution in [0.1, 0.15) is 5.69 Å². The summed E-state index contributed by atoms with van der Waals surface area (Å²) in [5, 5.41) is 7.31. The van der Waals surface area contributed by atoms with Crippen LogP contribution in [-0.4, -0.2) is 69.7 Å². The van der Waals surface area contributed by atoms with Gasteiger partial charge in [0.2, 0.25) is 4.96 Å². The number of hydrogen-bond acceptors (Lipinski definition) is 7. The van der Waals surface area contributed by atoms with Crippen molar-refractivity contribution >= 4 is 16.3 Å². The molecule has 0 atom stereocenters. The van der Waals surface area contributed by atoms with Crippen molar-refractivity contribution in [3.8, 4) is 0 Å². The summed E-state index contributed by atoms with van der Waals surface area (Å²) in [6.45, 7) is 7.30. The van der Waals surface area contributed by atoms with Crippen LogP contribution in [0.4, 0.5) is 0 Å². The van der Waals surface area contributed by atoms with E-state index in [1.807, 2.05) is 0 Å². The fourth-order valence-electron chi connectivity index (χ4n) is 2.93. The summed E-state index contributed by atoms with van der Waals surface area (Å²) in [5.74, 6) is 0. The second kappa shape index (κ2) is 5.45. The third-order valence-electron chi connectivity index (χ3n) is 4.31. The van der Waals surface area contributed by atoms with E-state index in [4.69, 9.17) is 0 Å². The minimum Gasteiger partial charge on any atom is -0.314 e. The monoisotopic (exact) mass is 306 g/mol. The maximum Gasteiger partial charge on any atom is 0.275 e. The van der Waals surface area contributed by atoms with Crippen LogP contribution in [0, 0.1) is 0 Å². The van der Waals surface area contributed by atoms with Crippen LogP contribution in [0.2, 0.25) is 0 Å². The zero-order valence-electron chi connectivity index (χ0n) is 11.7. The Balaban J connectivity index is 1.42. The van der Waals surface area contributed by atoms with Crippen LogP contribution in [0.5, 0.6) is 0 Å².